The van der Waals surface area contributed by atoms with Crippen molar-refractivity contribution in [1.29, 1.82) is 0 Å². The van der Waals surface area contributed by atoms with Crippen LogP contribution in [0.2, 0.25) is 0 Å². The zero-order valence-electron chi connectivity index (χ0n) is 43.0. The normalized spacial score (nSPS) is 12.5. The first-order valence-corrected chi connectivity index (χ1v) is 27.1. The molecule has 13 aromatic carbocycles. The fourth-order valence-corrected chi connectivity index (χ4v) is 12.7. The standard InChI is InChI=1S/C74H47BN4/c1-5-17-48(18-6-1)56-35-57(49-19-7-2-8-20-49)38-65(37-56)78-70-43-62-33-54-27-15-13-25-52(54)31-60(62)41-67(70)75-68-42-61-32-53-26-14-16-28-55(53)34-63(61)44-71(68)79(73-46-64(45-72(78)74(73)75)69-29-30-76-47-77-69)66-39-58(50-21-9-3-10-22-50)36-59(40-66)51-23-11-4-12-24-51/h1-47H. The van der Waals surface area contributed by atoms with Crippen LogP contribution >= 0.6 is 0 Å². The van der Waals surface area contributed by atoms with Gasteiger partial charge in [0.15, 0.2) is 0 Å². The number of aromatic nitrogens is 2. The smallest absolute Gasteiger partial charge is 0.252 e. The fraction of sp³-hybridized carbons (Fsp3) is 0. The van der Waals surface area contributed by atoms with Crippen LogP contribution in [0.25, 0.3) is 98.9 Å². The van der Waals surface area contributed by atoms with E-state index < -0.39 is 0 Å². The lowest BCUT2D eigenvalue weighted by Crippen LogP contribution is -2.61. The van der Waals surface area contributed by atoms with E-state index in [1.54, 1.807) is 6.33 Å². The van der Waals surface area contributed by atoms with Gasteiger partial charge in [0.25, 0.3) is 6.71 Å². The molecule has 14 aromatic rings. The second kappa shape index (κ2) is 18.2. The molecule has 0 atom stereocenters. The van der Waals surface area contributed by atoms with E-state index in [9.17, 15) is 0 Å². The minimum atomic E-state index is -0.162. The Bertz CT molecular complexity index is 4330. The molecule has 0 saturated heterocycles. The molecule has 16 rings (SSSR count). The minimum absolute atomic E-state index is 0.162. The second-order valence-corrected chi connectivity index (χ2v) is 21.0. The Labute approximate surface area is 458 Å². The molecule has 2 aliphatic heterocycles. The van der Waals surface area contributed by atoms with Gasteiger partial charge in [-0.1, -0.05) is 182 Å². The van der Waals surface area contributed by atoms with Crippen LogP contribution < -0.4 is 26.2 Å². The van der Waals surface area contributed by atoms with Gasteiger partial charge in [0, 0.05) is 45.9 Å². The molecule has 0 N–H and O–H groups in total. The van der Waals surface area contributed by atoms with Gasteiger partial charge in [-0.15, -0.1) is 0 Å². The largest absolute Gasteiger partial charge is 0.311 e. The summed E-state index contributed by atoms with van der Waals surface area (Å²) in [4.78, 5) is 14.6. The van der Waals surface area contributed by atoms with E-state index in [2.05, 4.69) is 282 Å². The lowest BCUT2D eigenvalue weighted by molar-refractivity contribution is 1.17. The maximum Gasteiger partial charge on any atom is 0.252 e. The van der Waals surface area contributed by atoms with Gasteiger partial charge >= 0.3 is 0 Å². The molecule has 4 nitrogen and oxygen atoms in total. The highest BCUT2D eigenvalue weighted by Gasteiger charge is 2.44. The summed E-state index contributed by atoms with van der Waals surface area (Å²) in [7, 11) is 0. The molecular formula is C74H47BN4. The van der Waals surface area contributed by atoms with Crippen LogP contribution in [-0.2, 0) is 0 Å². The summed E-state index contributed by atoms with van der Waals surface area (Å²) < 4.78 is 0. The monoisotopic (exact) mass is 1000 g/mol. The van der Waals surface area contributed by atoms with Crippen molar-refractivity contribution in [2.24, 2.45) is 0 Å². The van der Waals surface area contributed by atoms with Gasteiger partial charge in [-0.3, -0.25) is 0 Å². The molecule has 79 heavy (non-hydrogen) atoms. The molecule has 0 amide bonds. The Morgan fingerprint density at radius 3 is 0.975 bits per heavy atom. The Morgan fingerprint density at radius 1 is 0.266 bits per heavy atom. The molecule has 0 aliphatic carbocycles. The average Bonchev–Trinajstić information content (AvgIpc) is 3.67. The van der Waals surface area contributed by atoms with E-state index in [-0.39, 0.29) is 6.71 Å². The highest BCUT2D eigenvalue weighted by atomic mass is 15.2. The zero-order chi connectivity index (χ0) is 52.0. The number of anilines is 6. The quantitative estimate of drug-likeness (QED) is 0.118. The number of hydrogen-bond donors (Lipinski definition) is 0. The summed E-state index contributed by atoms with van der Waals surface area (Å²) in [6, 6.07) is 101. The van der Waals surface area contributed by atoms with Crippen LogP contribution in [0, 0.1) is 0 Å². The highest BCUT2D eigenvalue weighted by molar-refractivity contribution is 7.00. The summed E-state index contributed by atoms with van der Waals surface area (Å²) in [6.45, 7) is -0.162. The molecule has 3 heterocycles. The van der Waals surface area contributed by atoms with E-state index >= 15 is 0 Å². The van der Waals surface area contributed by atoms with Crippen LogP contribution in [0.5, 0.6) is 0 Å². The molecule has 0 saturated carbocycles. The molecule has 0 spiro atoms. The molecule has 5 heteroatoms. The predicted octanol–water partition coefficient (Wildman–Crippen LogP) is 17.5. The fourth-order valence-electron chi connectivity index (χ4n) is 12.7. The number of hydrogen-bond acceptors (Lipinski definition) is 4. The van der Waals surface area contributed by atoms with E-state index in [4.69, 9.17) is 4.98 Å². The van der Waals surface area contributed by atoms with Gasteiger partial charge in [-0.25, -0.2) is 9.97 Å². The van der Waals surface area contributed by atoms with Crippen molar-refractivity contribution >= 4 is 100 Å². The molecule has 0 radical (unpaired) electrons. The molecular weight excluding hydrogens is 956 g/mol. The van der Waals surface area contributed by atoms with Crippen LogP contribution in [0.15, 0.2) is 286 Å². The number of rotatable bonds is 7. The number of nitrogens with zero attached hydrogens (tertiary/aromatic N) is 4. The van der Waals surface area contributed by atoms with Crippen molar-refractivity contribution in [3.63, 3.8) is 0 Å². The van der Waals surface area contributed by atoms with Gasteiger partial charge < -0.3 is 9.80 Å². The number of benzene rings is 13. The maximum atomic E-state index is 5.00. The van der Waals surface area contributed by atoms with Gasteiger partial charge in [0.2, 0.25) is 0 Å². The predicted molar refractivity (Wildman–Crippen MR) is 333 cm³/mol. The lowest BCUT2D eigenvalue weighted by atomic mass is 9.33. The zero-order valence-corrected chi connectivity index (χ0v) is 43.0. The first kappa shape index (κ1) is 44.9. The average molecular weight is 1000 g/mol. The van der Waals surface area contributed by atoms with Crippen molar-refractivity contribution in [2.75, 3.05) is 9.80 Å². The highest BCUT2D eigenvalue weighted by Crippen LogP contribution is 2.49. The first-order valence-electron chi connectivity index (χ1n) is 27.1. The van der Waals surface area contributed by atoms with Crippen LogP contribution in [0.4, 0.5) is 34.1 Å². The summed E-state index contributed by atoms with van der Waals surface area (Å²) >= 11 is 0. The van der Waals surface area contributed by atoms with Crippen molar-refractivity contribution in [2.45, 2.75) is 0 Å². The first-order chi connectivity index (χ1) is 39.1. The van der Waals surface area contributed by atoms with Crippen molar-refractivity contribution in [3.8, 4) is 55.8 Å². The van der Waals surface area contributed by atoms with Gasteiger partial charge in [-0.2, -0.15) is 0 Å². The Morgan fingerprint density at radius 2 is 0.620 bits per heavy atom. The SMILES string of the molecule is c1ccc(-c2cc(-c3ccccc3)cc(N3c4cc5cc6ccccc6cc5cc4B4c5cc6cc7ccccc7cc6cc5N(c5cc(-c6ccccc6)cc(-c6ccccc6)c5)c5cc(-c6ccncn6)cc3c54)c2)cc1. The van der Waals surface area contributed by atoms with Gasteiger partial charge in [0.1, 0.15) is 6.33 Å². The van der Waals surface area contributed by atoms with Crippen LogP contribution in [0.3, 0.4) is 0 Å². The van der Waals surface area contributed by atoms with Crippen molar-refractivity contribution in [1.82, 2.24) is 9.97 Å². The second-order valence-electron chi connectivity index (χ2n) is 21.0. The lowest BCUT2D eigenvalue weighted by Gasteiger charge is -2.45. The third-order valence-corrected chi connectivity index (χ3v) is 16.4. The molecule has 0 bridgehead atoms. The Kier molecular flexibility index (Phi) is 10.3. The van der Waals surface area contributed by atoms with Gasteiger partial charge in [-0.05, 0) is 195 Å². The van der Waals surface area contributed by atoms with Crippen LogP contribution in [0.1, 0.15) is 0 Å². The van der Waals surface area contributed by atoms with Gasteiger partial charge in [0.05, 0.1) is 5.69 Å². The molecule has 0 unspecified atom stereocenters. The maximum absolute atomic E-state index is 5.00. The summed E-state index contributed by atoms with van der Waals surface area (Å²) in [5.74, 6) is 0. The summed E-state index contributed by atoms with van der Waals surface area (Å²) in [5, 5.41) is 9.68. The van der Waals surface area contributed by atoms with Crippen molar-refractivity contribution < 1.29 is 0 Å². The topological polar surface area (TPSA) is 32.3 Å². The molecule has 2 aliphatic rings. The van der Waals surface area contributed by atoms with E-state index in [0.29, 0.717) is 0 Å². The van der Waals surface area contributed by atoms with E-state index in [1.165, 1.54) is 59.5 Å². The third-order valence-electron chi connectivity index (χ3n) is 16.4. The Hall–Kier alpha value is -10.4. The molecule has 1 aromatic heterocycles. The van der Waals surface area contributed by atoms with E-state index in [1.807, 2.05) is 12.3 Å². The summed E-state index contributed by atoms with van der Waals surface area (Å²) in [6.07, 6.45) is 3.52. The molecule has 366 valence electrons. The van der Waals surface area contributed by atoms with Crippen molar-refractivity contribution in [3.05, 3.63) is 286 Å². The van der Waals surface area contributed by atoms with Crippen LogP contribution in [-0.4, -0.2) is 16.7 Å². The summed E-state index contributed by atoms with van der Waals surface area (Å²) in [5.41, 5.74) is 21.4. The van der Waals surface area contributed by atoms with E-state index in [0.717, 1.165) is 89.9 Å². The Balaban J connectivity index is 1.06. The number of fused-ring (bicyclic) bond motifs is 8. The minimum Gasteiger partial charge on any atom is -0.311 e. The third kappa shape index (κ3) is 7.62. The molecule has 0 fully saturated rings.